The summed E-state index contributed by atoms with van der Waals surface area (Å²) in [5, 5.41) is 12.1. The molecule has 0 spiro atoms. The molecule has 110 valence electrons. The van der Waals surface area contributed by atoms with Gasteiger partial charge in [-0.1, -0.05) is 19.3 Å². The van der Waals surface area contributed by atoms with Gasteiger partial charge in [-0.3, -0.25) is 4.98 Å². The topological polar surface area (TPSA) is 65.5 Å². The number of rotatable bonds is 4. The molecule has 1 saturated carbocycles. The monoisotopic (exact) mass is 277 g/mol. The van der Waals surface area contributed by atoms with Gasteiger partial charge in [0, 0.05) is 30.2 Å². The lowest BCUT2D eigenvalue weighted by Gasteiger charge is -2.34. The van der Waals surface area contributed by atoms with Crippen molar-refractivity contribution in [2.75, 3.05) is 18.5 Å². The van der Waals surface area contributed by atoms with Crippen LogP contribution in [0, 0.1) is 6.92 Å². The third kappa shape index (κ3) is 3.93. The van der Waals surface area contributed by atoms with E-state index in [0.717, 1.165) is 37.1 Å². The molecular formula is C15H23N3O2. The third-order valence-electron chi connectivity index (χ3n) is 3.77. The Balaban J connectivity index is 2.02. The van der Waals surface area contributed by atoms with Crippen molar-refractivity contribution in [1.29, 1.82) is 0 Å². The molecule has 0 radical (unpaired) electrons. The Morgan fingerprint density at radius 2 is 2.20 bits per heavy atom. The van der Waals surface area contributed by atoms with Crippen molar-refractivity contribution in [2.45, 2.75) is 45.1 Å². The molecule has 1 aromatic rings. The Kier molecular flexibility index (Phi) is 5.35. The van der Waals surface area contributed by atoms with E-state index in [0.29, 0.717) is 6.54 Å². The Labute approximate surface area is 120 Å². The van der Waals surface area contributed by atoms with Gasteiger partial charge in [0.05, 0.1) is 6.61 Å². The normalized spacial score (nSPS) is 15.9. The fourth-order valence-corrected chi connectivity index (χ4v) is 2.77. The number of aliphatic hydroxyl groups is 1. The second kappa shape index (κ2) is 7.24. The first-order chi connectivity index (χ1) is 9.70. The highest BCUT2D eigenvalue weighted by Gasteiger charge is 2.24. The minimum atomic E-state index is -0.128. The molecule has 2 rings (SSSR count). The number of amides is 2. The third-order valence-corrected chi connectivity index (χ3v) is 3.77. The van der Waals surface area contributed by atoms with E-state index >= 15 is 0 Å². The molecule has 2 amide bonds. The van der Waals surface area contributed by atoms with E-state index in [1.54, 1.807) is 17.2 Å². The molecule has 5 nitrogen and oxygen atoms in total. The summed E-state index contributed by atoms with van der Waals surface area (Å²) in [6.07, 6.45) is 7.31. The lowest BCUT2D eigenvalue weighted by molar-refractivity contribution is 0.144. The summed E-state index contributed by atoms with van der Waals surface area (Å²) in [6.45, 7) is 2.28. The van der Waals surface area contributed by atoms with Gasteiger partial charge in [0.25, 0.3) is 0 Å². The predicted octanol–water partition coefficient (Wildman–Crippen LogP) is 2.55. The van der Waals surface area contributed by atoms with E-state index in [9.17, 15) is 9.90 Å². The predicted molar refractivity (Wildman–Crippen MR) is 78.7 cm³/mol. The fraction of sp³-hybridized carbons (Fsp3) is 0.600. The molecule has 20 heavy (non-hydrogen) atoms. The summed E-state index contributed by atoms with van der Waals surface area (Å²) in [6, 6.07) is 3.74. The first-order valence-electron chi connectivity index (χ1n) is 7.32. The zero-order chi connectivity index (χ0) is 14.4. The van der Waals surface area contributed by atoms with Crippen LogP contribution in [-0.4, -0.2) is 40.2 Å². The van der Waals surface area contributed by atoms with Crippen molar-refractivity contribution in [3.05, 3.63) is 24.0 Å². The average molecular weight is 277 g/mol. The van der Waals surface area contributed by atoms with Gasteiger partial charge in [0.1, 0.15) is 0 Å². The number of urea groups is 1. The van der Waals surface area contributed by atoms with E-state index in [2.05, 4.69) is 10.3 Å². The lowest BCUT2D eigenvalue weighted by atomic mass is 9.94. The van der Waals surface area contributed by atoms with Crippen molar-refractivity contribution in [3.63, 3.8) is 0 Å². The Morgan fingerprint density at radius 1 is 1.45 bits per heavy atom. The molecule has 1 aromatic heterocycles. The van der Waals surface area contributed by atoms with Gasteiger partial charge in [0.15, 0.2) is 0 Å². The van der Waals surface area contributed by atoms with E-state index in [1.807, 2.05) is 13.0 Å². The largest absolute Gasteiger partial charge is 0.395 e. The highest BCUT2D eigenvalue weighted by molar-refractivity contribution is 5.89. The van der Waals surface area contributed by atoms with E-state index in [4.69, 9.17) is 0 Å². The van der Waals surface area contributed by atoms with Crippen LogP contribution >= 0.6 is 0 Å². The number of aromatic nitrogens is 1. The number of hydrogen-bond donors (Lipinski definition) is 2. The van der Waals surface area contributed by atoms with E-state index in [-0.39, 0.29) is 18.7 Å². The lowest BCUT2D eigenvalue weighted by Crippen LogP contribution is -2.45. The standard InChI is InChI=1S/C15H23N3O2/c1-12-11-13(7-8-16-12)17-15(20)18(9-10-19)14-5-3-2-4-6-14/h7-8,11,14,19H,2-6,9-10H2,1H3,(H,16,17,20). The first kappa shape index (κ1) is 14.8. The van der Waals surface area contributed by atoms with Crippen LogP contribution in [0.4, 0.5) is 10.5 Å². The van der Waals surface area contributed by atoms with Crippen molar-refractivity contribution in [3.8, 4) is 0 Å². The Morgan fingerprint density at radius 3 is 2.85 bits per heavy atom. The molecule has 1 heterocycles. The summed E-state index contributed by atoms with van der Waals surface area (Å²) in [4.78, 5) is 18.3. The van der Waals surface area contributed by atoms with Crippen LogP contribution < -0.4 is 5.32 Å². The summed E-state index contributed by atoms with van der Waals surface area (Å²) in [5.74, 6) is 0. The van der Waals surface area contributed by atoms with Gasteiger partial charge in [-0.2, -0.15) is 0 Å². The van der Waals surface area contributed by atoms with Gasteiger partial charge >= 0.3 is 6.03 Å². The zero-order valence-electron chi connectivity index (χ0n) is 12.0. The number of hydrogen-bond acceptors (Lipinski definition) is 3. The fourth-order valence-electron chi connectivity index (χ4n) is 2.77. The molecule has 0 aromatic carbocycles. The minimum absolute atomic E-state index is 0.000701. The SMILES string of the molecule is Cc1cc(NC(=O)N(CCO)C2CCCCC2)ccn1. The molecule has 1 fully saturated rings. The molecule has 0 atom stereocenters. The quantitative estimate of drug-likeness (QED) is 0.889. The van der Waals surface area contributed by atoms with Crippen LogP contribution in [-0.2, 0) is 0 Å². The molecular weight excluding hydrogens is 254 g/mol. The van der Waals surface area contributed by atoms with Gasteiger partial charge in [-0.25, -0.2) is 4.79 Å². The maximum Gasteiger partial charge on any atom is 0.322 e. The number of anilines is 1. The summed E-state index contributed by atoms with van der Waals surface area (Å²) < 4.78 is 0. The molecule has 0 unspecified atom stereocenters. The molecule has 1 aliphatic rings. The second-order valence-corrected chi connectivity index (χ2v) is 5.32. The van der Waals surface area contributed by atoms with E-state index in [1.165, 1.54) is 6.42 Å². The van der Waals surface area contributed by atoms with Crippen molar-refractivity contribution in [1.82, 2.24) is 9.88 Å². The van der Waals surface area contributed by atoms with Gasteiger partial charge in [0.2, 0.25) is 0 Å². The summed E-state index contributed by atoms with van der Waals surface area (Å²) in [5.41, 5.74) is 1.62. The van der Waals surface area contributed by atoms with Crippen LogP contribution in [0.15, 0.2) is 18.3 Å². The summed E-state index contributed by atoms with van der Waals surface area (Å²) >= 11 is 0. The van der Waals surface area contributed by atoms with Crippen LogP contribution in [0.2, 0.25) is 0 Å². The minimum Gasteiger partial charge on any atom is -0.395 e. The van der Waals surface area contributed by atoms with Crippen LogP contribution in [0.5, 0.6) is 0 Å². The highest BCUT2D eigenvalue weighted by atomic mass is 16.3. The average Bonchev–Trinajstić information content (AvgIpc) is 2.45. The maximum absolute atomic E-state index is 12.4. The highest BCUT2D eigenvalue weighted by Crippen LogP contribution is 2.23. The molecule has 0 bridgehead atoms. The van der Waals surface area contributed by atoms with Crippen LogP contribution in [0.3, 0.4) is 0 Å². The molecule has 0 saturated heterocycles. The van der Waals surface area contributed by atoms with Crippen molar-refractivity contribution in [2.24, 2.45) is 0 Å². The molecule has 0 aliphatic heterocycles. The number of nitrogens with one attached hydrogen (secondary N) is 1. The number of carbonyl (C=O) groups is 1. The van der Waals surface area contributed by atoms with Crippen molar-refractivity contribution >= 4 is 11.7 Å². The summed E-state index contributed by atoms with van der Waals surface area (Å²) in [7, 11) is 0. The number of aliphatic hydroxyl groups excluding tert-OH is 1. The van der Waals surface area contributed by atoms with E-state index < -0.39 is 0 Å². The zero-order valence-corrected chi connectivity index (χ0v) is 12.0. The number of pyridine rings is 1. The number of nitrogens with zero attached hydrogens (tertiary/aromatic N) is 2. The number of aryl methyl sites for hydroxylation is 1. The Hall–Kier alpha value is -1.62. The maximum atomic E-state index is 12.4. The molecule has 5 heteroatoms. The molecule has 1 aliphatic carbocycles. The number of carbonyl (C=O) groups excluding carboxylic acids is 1. The van der Waals surface area contributed by atoms with Crippen LogP contribution in [0.25, 0.3) is 0 Å². The van der Waals surface area contributed by atoms with Gasteiger partial charge in [-0.15, -0.1) is 0 Å². The molecule has 2 N–H and O–H groups in total. The first-order valence-corrected chi connectivity index (χ1v) is 7.32. The second-order valence-electron chi connectivity index (χ2n) is 5.32. The Bertz CT molecular complexity index is 444. The van der Waals surface area contributed by atoms with Gasteiger partial charge < -0.3 is 15.3 Å². The smallest absolute Gasteiger partial charge is 0.322 e. The van der Waals surface area contributed by atoms with Gasteiger partial charge in [-0.05, 0) is 31.9 Å². The van der Waals surface area contributed by atoms with Crippen molar-refractivity contribution < 1.29 is 9.90 Å². The van der Waals surface area contributed by atoms with Crippen LogP contribution in [0.1, 0.15) is 37.8 Å².